The van der Waals surface area contributed by atoms with Crippen LogP contribution < -0.4 is 15.4 Å². The second kappa shape index (κ2) is 22.2. The first kappa shape index (κ1) is 45.0. The van der Waals surface area contributed by atoms with Crippen LogP contribution in [0.3, 0.4) is 0 Å². The van der Waals surface area contributed by atoms with E-state index >= 15 is 0 Å². The molecule has 4 aliphatic rings. The number of hydrogen-bond donors (Lipinski definition) is 4. The van der Waals surface area contributed by atoms with Gasteiger partial charge in [-0.25, -0.2) is 14.0 Å². The molecule has 296 valence electrons. The Morgan fingerprint density at radius 1 is 1.04 bits per heavy atom. The van der Waals surface area contributed by atoms with E-state index < -0.39 is 29.9 Å². The van der Waals surface area contributed by atoms with Gasteiger partial charge in [-0.15, -0.1) is 0 Å². The third kappa shape index (κ3) is 15.8. The molecule has 2 saturated carbocycles. The Labute approximate surface area is 317 Å². The maximum atomic E-state index is 13.1. The van der Waals surface area contributed by atoms with Gasteiger partial charge in [0.25, 0.3) is 5.91 Å². The van der Waals surface area contributed by atoms with Gasteiger partial charge in [-0.05, 0) is 102 Å². The second-order valence-corrected chi connectivity index (χ2v) is 15.0. The lowest BCUT2D eigenvalue weighted by Crippen LogP contribution is -2.53. The van der Waals surface area contributed by atoms with Crippen LogP contribution in [0.2, 0.25) is 0 Å². The predicted molar refractivity (Wildman–Crippen MR) is 202 cm³/mol. The minimum absolute atomic E-state index is 0.164. The zero-order chi connectivity index (χ0) is 39.7. The highest BCUT2D eigenvalue weighted by molar-refractivity contribution is 7.98. The summed E-state index contributed by atoms with van der Waals surface area (Å²) in [7, 11) is 0. The molecule has 2 aliphatic heterocycles. The van der Waals surface area contributed by atoms with Gasteiger partial charge in [-0.3, -0.25) is 28.8 Å². The highest BCUT2D eigenvalue weighted by Gasteiger charge is 2.36. The molecule has 0 radical (unpaired) electrons. The van der Waals surface area contributed by atoms with Crippen molar-refractivity contribution < 1.29 is 43.0 Å². The molecule has 1 aromatic carbocycles. The zero-order valence-corrected chi connectivity index (χ0v) is 33.0. The summed E-state index contributed by atoms with van der Waals surface area (Å²) in [5.74, 6) is -0.951. The van der Waals surface area contributed by atoms with Crippen LogP contribution in [0.25, 0.3) is 0 Å². The van der Waals surface area contributed by atoms with E-state index in [1.54, 1.807) is 32.9 Å². The number of carbonyl (C=O) groups excluding carboxylic acids is 5. The van der Waals surface area contributed by atoms with Crippen LogP contribution in [0.1, 0.15) is 117 Å². The first-order valence-electron chi connectivity index (χ1n) is 18.6. The summed E-state index contributed by atoms with van der Waals surface area (Å²) in [6, 6.07) is 3.43. The molecule has 15 heteroatoms. The fourth-order valence-corrected chi connectivity index (χ4v) is 6.09. The van der Waals surface area contributed by atoms with Crippen LogP contribution in [0.5, 0.6) is 0 Å². The largest absolute Gasteiger partial charge is 0.465 e. The number of rotatable bonds is 10. The number of ether oxygens (including phenoxy) is 1. The average molecular weight is 764 g/mol. The number of ketones is 1. The van der Waals surface area contributed by atoms with Crippen molar-refractivity contribution >= 4 is 47.6 Å². The van der Waals surface area contributed by atoms with Crippen LogP contribution in [0.15, 0.2) is 29.8 Å². The van der Waals surface area contributed by atoms with Gasteiger partial charge in [0, 0.05) is 30.3 Å². The highest BCUT2D eigenvalue weighted by Crippen LogP contribution is 2.32. The van der Waals surface area contributed by atoms with Crippen molar-refractivity contribution in [1.82, 2.24) is 25.2 Å². The minimum Gasteiger partial charge on any atom is -0.465 e. The topological polar surface area (TPSA) is 174 Å². The monoisotopic (exact) mass is 763 g/mol. The van der Waals surface area contributed by atoms with Crippen molar-refractivity contribution in [1.29, 1.82) is 0 Å². The summed E-state index contributed by atoms with van der Waals surface area (Å²) in [6.45, 7) is 13.6. The van der Waals surface area contributed by atoms with E-state index in [9.17, 15) is 33.2 Å². The van der Waals surface area contributed by atoms with Crippen LogP contribution in [-0.2, 0) is 37.0 Å². The molecule has 2 heterocycles. The molecule has 0 aromatic heterocycles. The molecular weight excluding hydrogens is 706 g/mol. The third-order valence-electron chi connectivity index (χ3n) is 8.46. The summed E-state index contributed by atoms with van der Waals surface area (Å²) in [5, 5.41) is 14.3. The lowest BCUT2D eigenvalue weighted by molar-refractivity contribution is -0.138. The first-order chi connectivity index (χ1) is 25.1. The Bertz CT molecular complexity index is 1460. The molecule has 0 spiro atoms. The number of nitrogens with zero attached hydrogens (tertiary/aromatic N) is 2. The summed E-state index contributed by atoms with van der Waals surface area (Å²) >= 11 is 1.40. The van der Waals surface area contributed by atoms with E-state index in [2.05, 4.69) is 15.4 Å². The van der Waals surface area contributed by atoms with E-state index in [4.69, 9.17) is 9.84 Å². The molecule has 13 nitrogen and oxygen atoms in total. The van der Waals surface area contributed by atoms with E-state index in [-0.39, 0.29) is 42.4 Å². The summed E-state index contributed by atoms with van der Waals surface area (Å²) in [6.07, 6.45) is 8.26. The fraction of sp³-hybridized carbons (Fsp3) is 0.632. The van der Waals surface area contributed by atoms with Gasteiger partial charge in [-0.1, -0.05) is 45.4 Å². The Morgan fingerprint density at radius 2 is 1.72 bits per heavy atom. The number of allylic oxidation sites excluding steroid dienone is 2. The predicted octanol–water partition coefficient (Wildman–Crippen LogP) is 6.25. The van der Waals surface area contributed by atoms with E-state index in [0.29, 0.717) is 49.6 Å². The lowest BCUT2D eigenvalue weighted by atomic mass is 9.91. The van der Waals surface area contributed by atoms with Gasteiger partial charge in [-0.2, -0.15) is 0 Å². The number of benzene rings is 1. The number of halogens is 1. The van der Waals surface area contributed by atoms with E-state index in [1.807, 2.05) is 33.8 Å². The highest BCUT2D eigenvalue weighted by atomic mass is 32.2. The van der Waals surface area contributed by atoms with Crippen molar-refractivity contribution in [2.75, 3.05) is 13.1 Å². The molecule has 4 N–H and O–H groups in total. The quantitative estimate of drug-likeness (QED) is 0.159. The van der Waals surface area contributed by atoms with Gasteiger partial charge in [0.05, 0.1) is 6.54 Å². The van der Waals surface area contributed by atoms with Crippen LogP contribution in [-0.4, -0.2) is 86.6 Å². The van der Waals surface area contributed by atoms with Gasteiger partial charge < -0.3 is 25.4 Å². The molecule has 3 fully saturated rings. The Hall–Kier alpha value is -4.14. The Balaban J connectivity index is 0.000000328. The number of hydrogen-bond acceptors (Lipinski definition) is 8. The molecule has 5 rings (SSSR count). The molecular formula is C38H58FN5O8S. The molecule has 2 atom stereocenters. The minimum atomic E-state index is -1.00. The van der Waals surface area contributed by atoms with Crippen LogP contribution in [0.4, 0.5) is 14.0 Å². The summed E-state index contributed by atoms with van der Waals surface area (Å²) < 4.78 is 21.0. The lowest BCUT2D eigenvalue weighted by Gasteiger charge is -2.26. The summed E-state index contributed by atoms with van der Waals surface area (Å²) in [4.78, 5) is 73.2. The molecule has 53 heavy (non-hydrogen) atoms. The van der Waals surface area contributed by atoms with Crippen molar-refractivity contribution in [3.05, 3.63) is 46.8 Å². The first-order valence-corrected chi connectivity index (χ1v) is 19.5. The van der Waals surface area contributed by atoms with Crippen LogP contribution >= 0.6 is 11.9 Å². The molecule has 5 amide bonds. The average Bonchev–Trinajstić information content (AvgIpc) is 3.59. The van der Waals surface area contributed by atoms with Crippen molar-refractivity contribution in [2.24, 2.45) is 0 Å². The molecule has 0 bridgehead atoms. The smallest absolute Gasteiger partial charge is 0.408 e. The number of carboxylic acid groups (broad SMARTS) is 1. The van der Waals surface area contributed by atoms with Gasteiger partial charge >= 0.3 is 12.2 Å². The number of carbonyl (C=O) groups is 6. The molecule has 1 saturated heterocycles. The second-order valence-electron chi connectivity index (χ2n) is 13.8. The van der Waals surface area contributed by atoms with Gasteiger partial charge in [0.1, 0.15) is 30.0 Å². The van der Waals surface area contributed by atoms with Crippen molar-refractivity contribution in [3.63, 3.8) is 0 Å². The maximum absolute atomic E-state index is 13.1. The number of likely N-dealkylation sites (tertiary alicyclic amines) is 1. The third-order valence-corrected chi connectivity index (χ3v) is 9.58. The Kier molecular flexibility index (Phi) is 18.8. The maximum Gasteiger partial charge on any atom is 0.408 e. The Morgan fingerprint density at radius 3 is 2.25 bits per heavy atom. The number of nitrogens with one attached hydrogen (secondary N) is 3. The van der Waals surface area contributed by atoms with Crippen LogP contribution in [0, 0.1) is 5.82 Å². The standard InChI is InChI=1S/C19H32N4O5S.C9H8FNO2.C8H12O.C2H6/c1-5-13(16(25)22-29-12-8-9-12)21-17(26)14-7-6-10-23(14)15(24)11-20-18(27)28-19(2,3)4;10-8-3-1-2-6-4-11(9(12)13)5-7(6)8;1-2-8(9)6-7-4-3-5-7;1-2/h12-14H,5-11H2,1-4H3,(H,20,27)(H,21,26)(H,22,25);1-3H,4-5H2,(H,12,13);6H,2-5H2,1H3;1-2H3. The van der Waals surface area contributed by atoms with E-state index in [1.165, 1.54) is 39.8 Å². The normalized spacial score (nSPS) is 17.4. The zero-order valence-electron chi connectivity index (χ0n) is 32.2. The van der Waals surface area contributed by atoms with Gasteiger partial charge in [0.15, 0.2) is 5.78 Å². The summed E-state index contributed by atoms with van der Waals surface area (Å²) in [5.41, 5.74) is 1.96. The molecule has 1 aromatic rings. The number of alkyl carbamates (subject to hydrolysis) is 1. The van der Waals surface area contributed by atoms with Crippen molar-refractivity contribution in [2.45, 2.75) is 142 Å². The molecule has 2 aliphatic carbocycles. The fourth-order valence-electron chi connectivity index (χ4n) is 5.29. The van der Waals surface area contributed by atoms with E-state index in [0.717, 1.165) is 31.2 Å². The van der Waals surface area contributed by atoms with Gasteiger partial charge in [0.2, 0.25) is 11.8 Å². The number of fused-ring (bicyclic) bond motifs is 1. The molecule has 2 unspecified atom stereocenters. The SMILES string of the molecule is CC.CCC(=O)C=C1CCC1.CCC(NC(=O)C1CCCN1C(=O)CNC(=O)OC(C)(C)C)C(=O)NSC1CC1.O=C(O)N1Cc2cccc(F)c2C1. The van der Waals surface area contributed by atoms with Crippen molar-refractivity contribution in [3.8, 4) is 0 Å². The number of amides is 5.